The Morgan fingerprint density at radius 1 is 1.19 bits per heavy atom. The first-order valence-corrected chi connectivity index (χ1v) is 8.94. The zero-order valence-corrected chi connectivity index (χ0v) is 13.4. The molecule has 0 radical (unpaired) electrons. The molecule has 6 heteroatoms. The monoisotopic (exact) mass is 324 g/mol. The number of hydrogen-bond donors (Lipinski definition) is 1. The van der Waals surface area contributed by atoms with Crippen molar-refractivity contribution in [2.45, 2.75) is 30.9 Å². The predicted octanol–water partition coefficient (Wildman–Crippen LogP) is 3.29. The van der Waals surface area contributed by atoms with E-state index in [9.17, 15) is 13.2 Å². The zero-order chi connectivity index (χ0) is 15.6. The molecule has 0 aliphatic heterocycles. The van der Waals surface area contributed by atoms with Crippen LogP contribution in [0.15, 0.2) is 35.2 Å². The Morgan fingerprint density at radius 3 is 2.43 bits per heavy atom. The minimum atomic E-state index is -3.55. The number of aromatic carboxylic acids is 1. The maximum atomic E-state index is 12.5. The highest BCUT2D eigenvalue weighted by Crippen LogP contribution is 2.25. The van der Waals surface area contributed by atoms with E-state index in [0.717, 1.165) is 16.2 Å². The number of carbonyl (C=O) groups is 1. The van der Waals surface area contributed by atoms with Gasteiger partial charge in [0.2, 0.25) is 0 Å². The lowest BCUT2D eigenvalue weighted by molar-refractivity contribution is 0.0696. The number of carboxylic acid groups (broad SMARTS) is 1. The highest BCUT2D eigenvalue weighted by atomic mass is 32.2. The Hall–Kier alpha value is -1.66. The topological polar surface area (TPSA) is 71.4 Å². The number of benzene rings is 1. The molecule has 4 nitrogen and oxygen atoms in total. The summed E-state index contributed by atoms with van der Waals surface area (Å²) in [4.78, 5) is 13.0. The Labute approximate surface area is 128 Å². The molecule has 0 aliphatic carbocycles. The van der Waals surface area contributed by atoms with E-state index in [2.05, 4.69) is 0 Å². The first-order valence-electron chi connectivity index (χ1n) is 6.48. The molecular weight excluding hydrogens is 308 g/mol. The predicted molar refractivity (Wildman–Crippen MR) is 82.7 cm³/mol. The third-order valence-electron chi connectivity index (χ3n) is 3.17. The lowest BCUT2D eigenvalue weighted by Crippen LogP contribution is -2.08. The first-order chi connectivity index (χ1) is 9.83. The molecule has 0 atom stereocenters. The van der Waals surface area contributed by atoms with E-state index >= 15 is 0 Å². The summed E-state index contributed by atoms with van der Waals surface area (Å²) in [6.07, 6.45) is 0.873. The molecule has 0 bridgehead atoms. The molecule has 0 saturated heterocycles. The average molecular weight is 324 g/mol. The maximum Gasteiger partial charge on any atom is 0.335 e. The average Bonchev–Trinajstić information content (AvgIpc) is 2.85. The summed E-state index contributed by atoms with van der Waals surface area (Å²) in [5, 5.41) is 9.00. The highest BCUT2D eigenvalue weighted by Gasteiger charge is 2.20. The van der Waals surface area contributed by atoms with Crippen LogP contribution < -0.4 is 0 Å². The number of rotatable bonds is 5. The summed E-state index contributed by atoms with van der Waals surface area (Å²) in [6.45, 7) is 3.69. The van der Waals surface area contributed by atoms with Crippen molar-refractivity contribution in [1.29, 1.82) is 0 Å². The van der Waals surface area contributed by atoms with Gasteiger partial charge in [-0.05, 0) is 43.2 Å². The van der Waals surface area contributed by atoms with Crippen LogP contribution in [0.4, 0.5) is 0 Å². The van der Waals surface area contributed by atoms with Crippen LogP contribution in [0.5, 0.6) is 0 Å². The Balaban J connectivity index is 2.39. The second-order valence-electron chi connectivity index (χ2n) is 4.77. The quantitative estimate of drug-likeness (QED) is 0.916. The van der Waals surface area contributed by atoms with E-state index in [-0.39, 0.29) is 16.2 Å². The molecule has 1 N–H and O–H groups in total. The molecule has 1 aromatic carbocycles. The molecule has 0 spiro atoms. The van der Waals surface area contributed by atoms with Crippen LogP contribution in [0, 0.1) is 6.92 Å². The molecule has 0 unspecified atom stereocenters. The standard InChI is InChI=1S/C15H16O4S2/c1-3-12-6-7-13(20-12)9-21(18,19)14-8-11(15(16)17)5-4-10(14)2/h4-8H,3,9H2,1-2H3,(H,16,17). The van der Waals surface area contributed by atoms with Gasteiger partial charge >= 0.3 is 5.97 Å². The van der Waals surface area contributed by atoms with Crippen molar-refractivity contribution in [2.24, 2.45) is 0 Å². The van der Waals surface area contributed by atoms with Crippen molar-refractivity contribution in [3.05, 3.63) is 51.2 Å². The normalized spacial score (nSPS) is 11.5. The van der Waals surface area contributed by atoms with Gasteiger partial charge in [0.1, 0.15) is 0 Å². The molecule has 2 rings (SSSR count). The van der Waals surface area contributed by atoms with Gasteiger partial charge in [-0.3, -0.25) is 0 Å². The van der Waals surface area contributed by atoms with Gasteiger partial charge in [0.25, 0.3) is 0 Å². The molecule has 1 aromatic heterocycles. The van der Waals surface area contributed by atoms with E-state index in [1.807, 2.05) is 19.1 Å². The van der Waals surface area contributed by atoms with Crippen molar-refractivity contribution in [3.8, 4) is 0 Å². The van der Waals surface area contributed by atoms with Gasteiger partial charge in [0.05, 0.1) is 16.2 Å². The smallest absolute Gasteiger partial charge is 0.335 e. The minimum Gasteiger partial charge on any atom is -0.478 e. The summed E-state index contributed by atoms with van der Waals surface area (Å²) in [6, 6.07) is 7.92. The maximum absolute atomic E-state index is 12.5. The zero-order valence-electron chi connectivity index (χ0n) is 11.8. The number of carboxylic acids is 1. The lowest BCUT2D eigenvalue weighted by Gasteiger charge is -2.08. The fourth-order valence-corrected chi connectivity index (χ4v) is 4.97. The van der Waals surface area contributed by atoms with E-state index in [1.165, 1.54) is 29.5 Å². The van der Waals surface area contributed by atoms with Gasteiger partial charge in [-0.15, -0.1) is 11.3 Å². The Kier molecular flexibility index (Phi) is 4.49. The van der Waals surface area contributed by atoms with Gasteiger partial charge in [-0.25, -0.2) is 13.2 Å². The van der Waals surface area contributed by atoms with Crippen LogP contribution >= 0.6 is 11.3 Å². The van der Waals surface area contributed by atoms with Crippen LogP contribution in [-0.2, 0) is 22.0 Å². The fraction of sp³-hybridized carbons (Fsp3) is 0.267. The molecule has 112 valence electrons. The van der Waals surface area contributed by atoms with E-state index in [4.69, 9.17) is 5.11 Å². The third-order valence-corrected chi connectivity index (χ3v) is 6.38. The molecule has 0 saturated carbocycles. The van der Waals surface area contributed by atoms with Crippen molar-refractivity contribution in [2.75, 3.05) is 0 Å². The van der Waals surface area contributed by atoms with E-state index in [1.54, 1.807) is 6.92 Å². The number of thiophene rings is 1. The van der Waals surface area contributed by atoms with Crippen LogP contribution in [0.2, 0.25) is 0 Å². The summed E-state index contributed by atoms with van der Waals surface area (Å²) in [5.74, 6) is -1.22. The van der Waals surface area contributed by atoms with Gasteiger partial charge in [0.15, 0.2) is 9.84 Å². The van der Waals surface area contributed by atoms with Gasteiger partial charge in [-0.1, -0.05) is 13.0 Å². The summed E-state index contributed by atoms with van der Waals surface area (Å²) < 4.78 is 25.0. The van der Waals surface area contributed by atoms with Crippen LogP contribution in [0.1, 0.15) is 32.6 Å². The molecule has 0 fully saturated rings. The van der Waals surface area contributed by atoms with Crippen molar-refractivity contribution in [1.82, 2.24) is 0 Å². The minimum absolute atomic E-state index is 0.0143. The summed E-state index contributed by atoms with van der Waals surface area (Å²) >= 11 is 1.48. The summed E-state index contributed by atoms with van der Waals surface area (Å²) in [7, 11) is -3.55. The fourth-order valence-electron chi connectivity index (χ4n) is 2.02. The molecule has 2 aromatic rings. The second-order valence-corrected chi connectivity index (χ2v) is 7.98. The molecule has 0 amide bonds. The Bertz CT molecular complexity index is 773. The SMILES string of the molecule is CCc1ccc(CS(=O)(=O)c2cc(C(=O)O)ccc2C)s1. The number of aryl methyl sites for hydroxylation is 2. The van der Waals surface area contributed by atoms with Gasteiger partial charge in [-0.2, -0.15) is 0 Å². The van der Waals surface area contributed by atoms with E-state index in [0.29, 0.717) is 5.56 Å². The van der Waals surface area contributed by atoms with Crippen LogP contribution in [0.3, 0.4) is 0 Å². The highest BCUT2D eigenvalue weighted by molar-refractivity contribution is 7.90. The molecule has 21 heavy (non-hydrogen) atoms. The largest absolute Gasteiger partial charge is 0.478 e. The van der Waals surface area contributed by atoms with Gasteiger partial charge < -0.3 is 5.11 Å². The second kappa shape index (κ2) is 5.99. The summed E-state index contributed by atoms with van der Waals surface area (Å²) in [5.41, 5.74) is 0.548. The van der Waals surface area contributed by atoms with Crippen molar-refractivity contribution in [3.63, 3.8) is 0 Å². The lowest BCUT2D eigenvalue weighted by atomic mass is 10.1. The third kappa shape index (κ3) is 3.51. The number of hydrogen-bond acceptors (Lipinski definition) is 4. The molecule has 1 heterocycles. The molecular formula is C15H16O4S2. The Morgan fingerprint density at radius 2 is 1.86 bits per heavy atom. The van der Waals surface area contributed by atoms with Crippen molar-refractivity contribution < 1.29 is 18.3 Å². The van der Waals surface area contributed by atoms with Crippen molar-refractivity contribution >= 4 is 27.1 Å². The first kappa shape index (κ1) is 15.7. The van der Waals surface area contributed by atoms with Crippen LogP contribution in [-0.4, -0.2) is 19.5 Å². The number of sulfone groups is 1. The molecule has 0 aliphatic rings. The van der Waals surface area contributed by atoms with Crippen LogP contribution in [0.25, 0.3) is 0 Å². The van der Waals surface area contributed by atoms with Gasteiger partial charge in [0, 0.05) is 9.75 Å². The van der Waals surface area contributed by atoms with E-state index < -0.39 is 15.8 Å².